The van der Waals surface area contributed by atoms with Gasteiger partial charge in [0.1, 0.15) is 7.21 Å². The zero-order chi connectivity index (χ0) is 20.2. The molecule has 0 fully saturated rings. The Morgan fingerprint density at radius 1 is 0.483 bits per heavy atom. The van der Waals surface area contributed by atoms with Crippen LogP contribution >= 0.6 is 33.9 Å². The van der Waals surface area contributed by atoms with Crippen molar-refractivity contribution in [3.63, 3.8) is 0 Å². The first-order valence-electron chi connectivity index (χ1n) is 9.33. The van der Waals surface area contributed by atoms with Gasteiger partial charge in [0.05, 0.1) is 4.70 Å². The van der Waals surface area contributed by atoms with Crippen molar-refractivity contribution in [1.82, 2.24) is 0 Å². The lowest BCUT2D eigenvalue weighted by Crippen LogP contribution is -2.17. The van der Waals surface area contributed by atoms with E-state index >= 15 is 0 Å². The van der Waals surface area contributed by atoms with Crippen LogP contribution in [0.15, 0.2) is 126 Å². The Kier molecular flexibility index (Phi) is 6.20. The van der Waals surface area contributed by atoms with Crippen LogP contribution < -0.4 is 21.2 Å². The van der Waals surface area contributed by atoms with Gasteiger partial charge in [-0.2, -0.15) is 0 Å². The maximum absolute atomic E-state index is 9.72. The molecule has 0 heterocycles. The van der Waals surface area contributed by atoms with Gasteiger partial charge in [0, 0.05) is 21.2 Å². The highest BCUT2D eigenvalue weighted by Crippen LogP contribution is 2.64. The van der Waals surface area contributed by atoms with Gasteiger partial charge in [0.25, 0.3) is 0 Å². The molecule has 29 heavy (non-hydrogen) atoms. The van der Waals surface area contributed by atoms with E-state index in [1.807, 2.05) is 72.8 Å². The summed E-state index contributed by atoms with van der Waals surface area (Å²) in [5, 5.41) is 14.1. The topological polar surface area (TPSA) is 36.2 Å². The Labute approximate surface area is 185 Å². The minimum absolute atomic E-state index is 0.985. The summed E-state index contributed by atoms with van der Waals surface area (Å²) in [6.45, 7) is 0. The molecule has 1 N–H and O–H groups in total. The fourth-order valence-electron chi connectivity index (χ4n) is 3.23. The maximum Gasteiger partial charge on any atom is 0.128 e. The predicted molar refractivity (Wildman–Crippen MR) is 137 cm³/mol. The third kappa shape index (κ3) is 4.19. The molecule has 0 aromatic heterocycles. The van der Waals surface area contributed by atoms with Crippen molar-refractivity contribution in [3.05, 3.63) is 121 Å². The van der Waals surface area contributed by atoms with Crippen LogP contribution in [-0.2, 0) is 0 Å². The average molecular weight is 526 g/mol. The summed E-state index contributed by atoms with van der Waals surface area (Å²) in [7, 11) is -2.71. The molecular weight excluding hydrogens is 505 g/mol. The number of nitrogens with zero attached hydrogens (tertiary/aromatic N) is 1. The highest BCUT2D eigenvalue weighted by molar-refractivity contribution is 14.2. The molecule has 0 saturated carbocycles. The second-order valence-corrected chi connectivity index (χ2v) is 16.0. The van der Waals surface area contributed by atoms with Crippen LogP contribution in [-0.4, -0.2) is 0 Å². The first-order valence-corrected chi connectivity index (χ1v) is 15.6. The van der Waals surface area contributed by atoms with Gasteiger partial charge in [0.2, 0.25) is 0 Å². The van der Waals surface area contributed by atoms with Crippen LogP contribution in [0.25, 0.3) is 0 Å². The smallest absolute Gasteiger partial charge is 0.128 e. The van der Waals surface area contributed by atoms with E-state index < -0.39 is 11.9 Å². The van der Waals surface area contributed by atoms with Crippen molar-refractivity contribution in [3.8, 4) is 0 Å². The monoisotopic (exact) mass is 526 g/mol. The normalized spacial score (nSPS) is 11.8. The van der Waals surface area contributed by atoms with E-state index in [1.165, 1.54) is 10.6 Å². The minimum atomic E-state index is -2.71. The summed E-state index contributed by atoms with van der Waals surface area (Å²) in [6, 6.07) is 41.2. The summed E-state index contributed by atoms with van der Waals surface area (Å²) in [6.07, 6.45) is 0. The van der Waals surface area contributed by atoms with Crippen molar-refractivity contribution in [2.75, 3.05) is 0 Å². The van der Waals surface area contributed by atoms with Gasteiger partial charge in [-0.3, -0.25) is 5.16 Å². The molecule has 0 aliphatic heterocycles. The lowest BCUT2D eigenvalue weighted by atomic mass is 10.4. The van der Waals surface area contributed by atoms with E-state index in [0.29, 0.717) is 0 Å². The predicted octanol–water partition coefficient (Wildman–Crippen LogP) is 6.53. The second kappa shape index (κ2) is 8.83. The Hall–Kier alpha value is -1.93. The fraction of sp³-hybridized carbons (Fsp3) is 0. The Balaban J connectivity index is 2.06. The average Bonchev–Trinajstić information content (AvgIpc) is 2.81. The first kappa shape index (κ1) is 20.3. The zero-order valence-electron chi connectivity index (χ0n) is 15.8. The molecule has 0 atom stereocenters. The second-order valence-electron chi connectivity index (χ2n) is 6.62. The van der Waals surface area contributed by atoms with Crippen LogP contribution in [0.4, 0.5) is 0 Å². The number of halogens is 1. The lowest BCUT2D eigenvalue weighted by Gasteiger charge is -2.26. The number of hydrogen-bond donors (Lipinski definition) is 1. The Morgan fingerprint density at radius 3 is 1.07 bits per heavy atom. The maximum atomic E-state index is 9.72. The van der Waals surface area contributed by atoms with Gasteiger partial charge in [0.15, 0.2) is 0 Å². The quantitative estimate of drug-likeness (QED) is 0.227. The Morgan fingerprint density at radius 2 is 0.759 bits per heavy atom. The van der Waals surface area contributed by atoms with Crippen molar-refractivity contribution >= 4 is 55.2 Å². The molecule has 4 aromatic rings. The SMILES string of the molecule is N=P(N=P(I)(c1ccccc1)c1ccccc1)(c1ccccc1)c1ccccc1. The summed E-state index contributed by atoms with van der Waals surface area (Å²) < 4.78 is 3.33. The highest BCUT2D eigenvalue weighted by atomic mass is 127. The van der Waals surface area contributed by atoms with Crippen molar-refractivity contribution in [2.45, 2.75) is 0 Å². The van der Waals surface area contributed by atoms with Gasteiger partial charge in [-0.15, -0.1) is 0 Å². The summed E-state index contributed by atoms with van der Waals surface area (Å²) >= 11 is 2.54. The van der Waals surface area contributed by atoms with Crippen LogP contribution in [0.1, 0.15) is 0 Å². The van der Waals surface area contributed by atoms with Crippen molar-refractivity contribution in [1.29, 1.82) is 5.16 Å². The molecule has 0 spiro atoms. The van der Waals surface area contributed by atoms with Crippen molar-refractivity contribution in [2.24, 2.45) is 4.52 Å². The molecule has 0 unspecified atom stereocenters. The third-order valence-corrected chi connectivity index (χ3v) is 15.9. The van der Waals surface area contributed by atoms with Crippen LogP contribution in [0.2, 0.25) is 0 Å². The van der Waals surface area contributed by atoms with E-state index in [9.17, 15) is 5.16 Å². The van der Waals surface area contributed by atoms with Crippen LogP contribution in [0, 0.1) is 5.16 Å². The molecule has 5 heteroatoms. The van der Waals surface area contributed by atoms with E-state index in [0.717, 1.165) is 10.6 Å². The van der Waals surface area contributed by atoms with E-state index in [-0.39, 0.29) is 0 Å². The van der Waals surface area contributed by atoms with E-state index in [1.54, 1.807) is 0 Å². The summed E-state index contributed by atoms with van der Waals surface area (Å²) in [5.74, 6) is 0. The third-order valence-electron chi connectivity index (χ3n) is 4.71. The first-order chi connectivity index (χ1) is 14.1. The van der Waals surface area contributed by atoms with Crippen molar-refractivity contribution < 1.29 is 0 Å². The minimum Gasteiger partial charge on any atom is -0.289 e. The molecule has 0 saturated heterocycles. The molecule has 4 aromatic carbocycles. The summed E-state index contributed by atoms with van der Waals surface area (Å²) in [5.41, 5.74) is 0. The van der Waals surface area contributed by atoms with Crippen LogP contribution in [0.3, 0.4) is 0 Å². The van der Waals surface area contributed by atoms with Gasteiger partial charge >= 0.3 is 0 Å². The molecule has 4 rings (SSSR count). The highest BCUT2D eigenvalue weighted by Gasteiger charge is 2.29. The van der Waals surface area contributed by atoms with Gasteiger partial charge in [-0.1, -0.05) is 121 Å². The molecular formula is C24H21IN2P2. The summed E-state index contributed by atoms with van der Waals surface area (Å²) in [4.78, 5) is 0. The van der Waals surface area contributed by atoms with E-state index in [4.69, 9.17) is 4.52 Å². The van der Waals surface area contributed by atoms with E-state index in [2.05, 4.69) is 70.6 Å². The number of benzene rings is 4. The zero-order valence-corrected chi connectivity index (χ0v) is 19.7. The standard InChI is InChI=1S/C24H21IN2P2/c25-28(21-13-5-1-6-14-21,22-15-7-2-8-16-22)27-29(26,23-17-9-3-10-18-23)24-19-11-4-12-20-24/h1-20,26H. The number of hydrogen-bond acceptors (Lipinski definition) is 1. The Bertz CT molecular complexity index is 1090. The molecule has 0 aliphatic rings. The molecule has 0 bridgehead atoms. The van der Waals surface area contributed by atoms with Gasteiger partial charge in [-0.05, 0) is 22.0 Å². The number of nitrogens with one attached hydrogen (secondary N) is 1. The largest absolute Gasteiger partial charge is 0.289 e. The molecule has 0 amide bonds. The lowest BCUT2D eigenvalue weighted by molar-refractivity contribution is 1.56. The van der Waals surface area contributed by atoms with Gasteiger partial charge in [-0.25, -0.2) is 4.52 Å². The number of rotatable bonds is 5. The molecule has 0 radical (unpaired) electrons. The van der Waals surface area contributed by atoms with Gasteiger partial charge < -0.3 is 0 Å². The molecule has 2 nitrogen and oxygen atoms in total. The fourth-order valence-corrected chi connectivity index (χ4v) is 13.8. The molecule has 0 aliphatic carbocycles. The molecule has 144 valence electrons. The van der Waals surface area contributed by atoms with Crippen LogP contribution in [0.5, 0.6) is 0 Å².